The number of amides is 2. The van der Waals surface area contributed by atoms with Gasteiger partial charge in [0.05, 0.1) is 30.4 Å². The number of nitro benzene ring substituents is 1. The lowest BCUT2D eigenvalue weighted by Gasteiger charge is -2.34. The van der Waals surface area contributed by atoms with Crippen LogP contribution in [0.1, 0.15) is 21.6 Å². The van der Waals surface area contributed by atoms with Gasteiger partial charge in [-0.3, -0.25) is 19.7 Å². The normalized spacial score (nSPS) is 13.3. The molecule has 10 nitrogen and oxygen atoms in total. The number of piperazine rings is 1. The molecule has 1 saturated heterocycles. The van der Waals surface area contributed by atoms with Crippen molar-refractivity contribution in [1.82, 2.24) is 14.4 Å². The predicted octanol–water partition coefficient (Wildman–Crippen LogP) is 5.38. The highest BCUT2D eigenvalue weighted by Crippen LogP contribution is 2.35. The van der Waals surface area contributed by atoms with E-state index in [0.717, 1.165) is 22.6 Å². The van der Waals surface area contributed by atoms with Gasteiger partial charge in [0.15, 0.2) is 11.5 Å². The number of carbonyl (C=O) groups excluding carboxylic acids is 2. The Morgan fingerprint density at radius 2 is 1.49 bits per heavy atom. The van der Waals surface area contributed by atoms with Crippen LogP contribution in [0, 0.1) is 17.0 Å². The smallest absolute Gasteiger partial charge is 0.269 e. The zero-order valence-corrected chi connectivity index (χ0v) is 24.2. The third-order valence-corrected chi connectivity index (χ3v) is 7.57. The molecule has 0 atom stereocenters. The molecule has 1 aliphatic rings. The van der Waals surface area contributed by atoms with Gasteiger partial charge in [-0.05, 0) is 54.5 Å². The zero-order chi connectivity index (χ0) is 30.5. The Kier molecular flexibility index (Phi) is 8.56. The van der Waals surface area contributed by atoms with Crippen LogP contribution in [0.3, 0.4) is 0 Å². The molecule has 3 aromatic carbocycles. The molecule has 0 spiro atoms. The van der Waals surface area contributed by atoms with Gasteiger partial charge in [0.1, 0.15) is 0 Å². The summed E-state index contributed by atoms with van der Waals surface area (Å²) in [5.74, 6) is 0.932. The van der Waals surface area contributed by atoms with Crippen molar-refractivity contribution in [2.75, 3.05) is 40.4 Å². The number of non-ortho nitro benzene ring substituents is 1. The maximum Gasteiger partial charge on any atom is 0.269 e. The number of nitrogens with zero attached hydrogens (tertiary/aromatic N) is 4. The van der Waals surface area contributed by atoms with E-state index in [2.05, 4.69) is 0 Å². The number of benzene rings is 3. The summed E-state index contributed by atoms with van der Waals surface area (Å²) < 4.78 is 13.0. The molecule has 2 amide bonds. The molecule has 5 rings (SSSR count). The summed E-state index contributed by atoms with van der Waals surface area (Å²) in [7, 11) is 3.18. The van der Waals surface area contributed by atoms with Crippen molar-refractivity contribution in [2.45, 2.75) is 6.92 Å². The monoisotopic (exact) mass is 580 g/mol. The van der Waals surface area contributed by atoms with Crippen molar-refractivity contribution in [1.29, 1.82) is 0 Å². The van der Waals surface area contributed by atoms with Gasteiger partial charge in [-0.25, -0.2) is 0 Å². The molecule has 0 aliphatic carbocycles. The lowest BCUT2D eigenvalue weighted by molar-refractivity contribution is -0.384. The highest BCUT2D eigenvalue weighted by molar-refractivity contribution is 5.98. The van der Waals surface area contributed by atoms with Crippen molar-refractivity contribution >= 4 is 23.6 Å². The average Bonchev–Trinajstić information content (AvgIpc) is 3.40. The topological polar surface area (TPSA) is 107 Å². The first-order chi connectivity index (χ1) is 20.8. The summed E-state index contributed by atoms with van der Waals surface area (Å²) in [4.78, 5) is 40.5. The van der Waals surface area contributed by atoms with E-state index < -0.39 is 4.92 Å². The summed E-state index contributed by atoms with van der Waals surface area (Å²) >= 11 is 0. The van der Waals surface area contributed by atoms with Gasteiger partial charge in [-0.1, -0.05) is 30.3 Å². The SMILES string of the molecule is COc1ccc(-n2c(-c3ccccc3)cc(C(=O)N3CCN(C(=O)/C=C/c4ccc([N+](=O)[O-])cc4)CC3)c2C)cc1OC. The molecule has 2 heterocycles. The van der Waals surface area contributed by atoms with Gasteiger partial charge in [-0.2, -0.15) is 0 Å². The molecule has 43 heavy (non-hydrogen) atoms. The van der Waals surface area contributed by atoms with Crippen molar-refractivity contribution in [2.24, 2.45) is 0 Å². The molecular weight excluding hydrogens is 548 g/mol. The third kappa shape index (κ3) is 6.13. The molecule has 0 unspecified atom stereocenters. The molecule has 1 aliphatic heterocycles. The molecule has 1 aromatic heterocycles. The van der Waals surface area contributed by atoms with Crippen molar-refractivity contribution in [3.05, 3.63) is 112 Å². The maximum absolute atomic E-state index is 13.8. The quantitative estimate of drug-likeness (QED) is 0.157. The molecule has 0 N–H and O–H groups in total. The Bertz CT molecular complexity index is 1670. The van der Waals surface area contributed by atoms with Crippen LogP contribution in [0.25, 0.3) is 23.0 Å². The van der Waals surface area contributed by atoms with Gasteiger partial charge < -0.3 is 23.8 Å². The summed E-state index contributed by atoms with van der Waals surface area (Å²) in [5, 5.41) is 10.9. The van der Waals surface area contributed by atoms with E-state index in [9.17, 15) is 19.7 Å². The fourth-order valence-corrected chi connectivity index (χ4v) is 5.22. The predicted molar refractivity (Wildman–Crippen MR) is 164 cm³/mol. The number of aromatic nitrogens is 1. The van der Waals surface area contributed by atoms with Crippen molar-refractivity contribution in [3.63, 3.8) is 0 Å². The van der Waals surface area contributed by atoms with E-state index in [0.29, 0.717) is 48.8 Å². The Balaban J connectivity index is 1.34. The molecule has 4 aromatic rings. The third-order valence-electron chi connectivity index (χ3n) is 7.57. The van der Waals surface area contributed by atoms with Gasteiger partial charge in [0, 0.05) is 61.8 Å². The minimum absolute atomic E-state index is 0.00513. The van der Waals surface area contributed by atoms with Crippen molar-refractivity contribution < 1.29 is 24.0 Å². The molecule has 0 bridgehead atoms. The molecule has 10 heteroatoms. The molecule has 0 saturated carbocycles. The zero-order valence-electron chi connectivity index (χ0n) is 24.2. The summed E-state index contributed by atoms with van der Waals surface area (Å²) in [6, 6.07) is 23.5. The molecular formula is C33H32N4O6. The Morgan fingerprint density at radius 1 is 0.837 bits per heavy atom. The number of rotatable bonds is 8. The largest absolute Gasteiger partial charge is 0.493 e. The second kappa shape index (κ2) is 12.6. The standard InChI is InChI=1S/C33H32N4O6/c1-23-28(22-29(25-7-5-4-6-8-25)36(23)27-14-15-30(42-2)31(21-27)43-3)33(39)35-19-17-34(18-20-35)32(38)16-11-24-9-12-26(13-10-24)37(40)41/h4-16,21-22H,17-20H2,1-3H3/b16-11+. The highest BCUT2D eigenvalue weighted by Gasteiger charge is 2.28. The summed E-state index contributed by atoms with van der Waals surface area (Å²) in [5.41, 5.74) is 4.75. The first kappa shape index (κ1) is 29.1. The van der Waals surface area contributed by atoms with Crippen LogP contribution < -0.4 is 9.47 Å². The van der Waals surface area contributed by atoms with E-state index in [-0.39, 0.29) is 17.5 Å². The second-order valence-electron chi connectivity index (χ2n) is 10.1. The van der Waals surface area contributed by atoms with E-state index in [4.69, 9.17) is 9.47 Å². The van der Waals surface area contributed by atoms with Crippen LogP contribution in [-0.2, 0) is 4.79 Å². The summed E-state index contributed by atoms with van der Waals surface area (Å²) in [6.07, 6.45) is 3.09. The maximum atomic E-state index is 13.8. The van der Waals surface area contributed by atoms with E-state index >= 15 is 0 Å². The van der Waals surface area contributed by atoms with Gasteiger partial charge in [0.2, 0.25) is 5.91 Å². The van der Waals surface area contributed by atoms with Crippen LogP contribution in [0.2, 0.25) is 0 Å². The van der Waals surface area contributed by atoms with Gasteiger partial charge >= 0.3 is 0 Å². The molecule has 1 fully saturated rings. The lowest BCUT2D eigenvalue weighted by atomic mass is 10.1. The number of ether oxygens (including phenoxy) is 2. The number of hydrogen-bond acceptors (Lipinski definition) is 6. The number of nitro groups is 1. The second-order valence-corrected chi connectivity index (χ2v) is 10.1. The number of hydrogen-bond donors (Lipinski definition) is 0. The summed E-state index contributed by atoms with van der Waals surface area (Å²) in [6.45, 7) is 3.53. The van der Waals surface area contributed by atoms with Gasteiger partial charge in [-0.15, -0.1) is 0 Å². The minimum atomic E-state index is -0.464. The van der Waals surface area contributed by atoms with E-state index in [1.54, 1.807) is 42.2 Å². The highest BCUT2D eigenvalue weighted by atomic mass is 16.6. The fourth-order valence-electron chi connectivity index (χ4n) is 5.22. The molecule has 220 valence electrons. The van der Waals surface area contributed by atoms with Crippen LogP contribution in [0.5, 0.6) is 11.5 Å². The first-order valence-electron chi connectivity index (χ1n) is 13.8. The molecule has 0 radical (unpaired) electrons. The number of methoxy groups -OCH3 is 2. The Morgan fingerprint density at radius 3 is 2.12 bits per heavy atom. The van der Waals surface area contributed by atoms with E-state index in [1.165, 1.54) is 18.2 Å². The Labute approximate surface area is 249 Å². The van der Waals surface area contributed by atoms with Crippen LogP contribution in [0.15, 0.2) is 84.9 Å². The van der Waals surface area contributed by atoms with Crippen LogP contribution in [0.4, 0.5) is 5.69 Å². The fraction of sp³-hybridized carbons (Fsp3) is 0.212. The minimum Gasteiger partial charge on any atom is -0.493 e. The van der Waals surface area contributed by atoms with Gasteiger partial charge in [0.25, 0.3) is 11.6 Å². The van der Waals surface area contributed by atoms with Crippen LogP contribution >= 0.6 is 0 Å². The van der Waals surface area contributed by atoms with Crippen LogP contribution in [-0.4, -0.2) is 71.5 Å². The number of carbonyl (C=O) groups is 2. The average molecular weight is 581 g/mol. The first-order valence-corrected chi connectivity index (χ1v) is 13.8. The Hall–Kier alpha value is -5.38. The van der Waals surface area contributed by atoms with Crippen molar-refractivity contribution in [3.8, 4) is 28.4 Å². The van der Waals surface area contributed by atoms with E-state index in [1.807, 2.05) is 66.1 Å². The lowest BCUT2D eigenvalue weighted by Crippen LogP contribution is -2.50.